The van der Waals surface area contributed by atoms with Crippen LogP contribution < -0.4 is 6.15 Å². The van der Waals surface area contributed by atoms with E-state index < -0.39 is 5.97 Å². The van der Waals surface area contributed by atoms with Gasteiger partial charge in [0.2, 0.25) is 0 Å². The Hall–Kier alpha value is -0.570. The quantitative estimate of drug-likeness (QED) is 0.256. The topological polar surface area (TPSA) is 72.3 Å². The predicted octanol–water partition coefficient (Wildman–Crippen LogP) is 8.30. The van der Waals surface area contributed by atoms with E-state index in [4.69, 9.17) is 5.11 Å². The van der Waals surface area contributed by atoms with Crippen LogP contribution in [0.1, 0.15) is 136 Å². The molecular formula is C22H49NO2. The van der Waals surface area contributed by atoms with Crippen LogP contribution in [0.3, 0.4) is 0 Å². The van der Waals surface area contributed by atoms with Crippen molar-refractivity contribution in [2.75, 3.05) is 0 Å². The van der Waals surface area contributed by atoms with Crippen molar-refractivity contribution < 1.29 is 9.90 Å². The van der Waals surface area contributed by atoms with Crippen molar-refractivity contribution in [2.24, 2.45) is 0 Å². The first-order chi connectivity index (χ1) is 11.7. The molecule has 0 saturated heterocycles. The minimum absolute atomic E-state index is 0. The first-order valence-electron chi connectivity index (χ1n) is 10.9. The molecule has 0 aliphatic heterocycles. The maximum atomic E-state index is 10.3. The van der Waals surface area contributed by atoms with Crippen molar-refractivity contribution in [2.45, 2.75) is 136 Å². The molecule has 0 atom stereocenters. The maximum absolute atomic E-state index is 10.3. The highest BCUT2D eigenvalue weighted by molar-refractivity contribution is 5.66. The molecule has 0 unspecified atom stereocenters. The van der Waals surface area contributed by atoms with Gasteiger partial charge in [0.05, 0.1) is 0 Å². The number of carbonyl (C=O) groups is 1. The van der Waals surface area contributed by atoms with Gasteiger partial charge in [-0.25, -0.2) is 0 Å². The molecule has 0 spiro atoms. The van der Waals surface area contributed by atoms with Crippen LogP contribution in [0, 0.1) is 0 Å². The second-order valence-corrected chi connectivity index (χ2v) is 7.09. The van der Waals surface area contributed by atoms with E-state index in [1.807, 2.05) is 0 Å². The van der Waals surface area contributed by atoms with E-state index in [0.29, 0.717) is 6.42 Å². The third-order valence-corrected chi connectivity index (χ3v) is 4.49. The van der Waals surface area contributed by atoms with Gasteiger partial charge in [-0.15, -0.1) is 0 Å². The fraction of sp³-hybridized carbons (Fsp3) is 0.955. The number of hydrogen-bond donors (Lipinski definition) is 2. The van der Waals surface area contributed by atoms with Crippen molar-refractivity contribution in [1.82, 2.24) is 6.15 Å². The van der Waals surface area contributed by atoms with Gasteiger partial charge in [-0.3, -0.25) is 4.79 Å². The van der Waals surface area contributed by atoms with E-state index in [0.717, 1.165) is 12.8 Å². The van der Waals surface area contributed by atoms with Crippen molar-refractivity contribution in [3.05, 3.63) is 0 Å². The van der Waals surface area contributed by atoms with Gasteiger partial charge in [0.1, 0.15) is 0 Å². The van der Waals surface area contributed by atoms with Gasteiger partial charge in [-0.2, -0.15) is 0 Å². The summed E-state index contributed by atoms with van der Waals surface area (Å²) in [5.74, 6) is -0.653. The van der Waals surface area contributed by atoms with Crippen LogP contribution in [0.4, 0.5) is 0 Å². The number of hydrogen-bond acceptors (Lipinski definition) is 2. The minimum Gasteiger partial charge on any atom is -0.481 e. The zero-order valence-electron chi connectivity index (χ0n) is 17.8. The average Bonchev–Trinajstić information content (AvgIpc) is 2.58. The number of carboxylic acid groups (broad SMARTS) is 1. The molecule has 0 rings (SSSR count). The lowest BCUT2D eigenvalue weighted by molar-refractivity contribution is -0.137. The van der Waals surface area contributed by atoms with E-state index in [9.17, 15) is 4.79 Å². The van der Waals surface area contributed by atoms with Crippen LogP contribution in [0.5, 0.6) is 0 Å². The summed E-state index contributed by atoms with van der Waals surface area (Å²) in [6.07, 6.45) is 22.8. The predicted molar refractivity (Wildman–Crippen MR) is 113 cm³/mol. The molecule has 0 heterocycles. The fourth-order valence-electron chi connectivity index (χ4n) is 2.65. The molecule has 0 fully saturated rings. The Morgan fingerprint density at radius 1 is 0.520 bits per heavy atom. The zero-order chi connectivity index (χ0) is 18.3. The van der Waals surface area contributed by atoms with E-state index in [1.54, 1.807) is 0 Å². The Bertz CT molecular complexity index is 230. The SMILES string of the molecule is CCCC.CCCCCCCCCCCCCCCCCC(=O)O.N. The lowest BCUT2D eigenvalue weighted by Crippen LogP contribution is -1.93. The fourth-order valence-corrected chi connectivity index (χ4v) is 2.65. The summed E-state index contributed by atoms with van der Waals surface area (Å²) in [5.41, 5.74) is 0. The summed E-state index contributed by atoms with van der Waals surface area (Å²) in [6, 6.07) is 0. The summed E-state index contributed by atoms with van der Waals surface area (Å²) in [6.45, 7) is 6.63. The molecule has 0 aromatic carbocycles. The van der Waals surface area contributed by atoms with Crippen molar-refractivity contribution >= 4 is 5.97 Å². The smallest absolute Gasteiger partial charge is 0.303 e. The molecule has 0 amide bonds. The third kappa shape index (κ3) is 35.4. The van der Waals surface area contributed by atoms with Gasteiger partial charge in [-0.1, -0.05) is 124 Å². The van der Waals surface area contributed by atoms with Gasteiger partial charge in [0, 0.05) is 6.42 Å². The van der Waals surface area contributed by atoms with Gasteiger partial charge in [0.15, 0.2) is 0 Å². The van der Waals surface area contributed by atoms with Crippen LogP contribution in [0.25, 0.3) is 0 Å². The highest BCUT2D eigenvalue weighted by Gasteiger charge is 1.97. The highest BCUT2D eigenvalue weighted by atomic mass is 16.4. The maximum Gasteiger partial charge on any atom is 0.303 e. The zero-order valence-corrected chi connectivity index (χ0v) is 17.8. The summed E-state index contributed by atoms with van der Waals surface area (Å²) in [7, 11) is 0. The molecule has 0 aliphatic carbocycles. The van der Waals surface area contributed by atoms with E-state index in [1.165, 1.54) is 96.3 Å². The van der Waals surface area contributed by atoms with E-state index in [2.05, 4.69) is 20.8 Å². The number of rotatable bonds is 17. The lowest BCUT2D eigenvalue weighted by atomic mass is 10.0. The van der Waals surface area contributed by atoms with Crippen molar-refractivity contribution in [3.8, 4) is 0 Å². The van der Waals surface area contributed by atoms with Crippen molar-refractivity contribution in [3.63, 3.8) is 0 Å². The average molecular weight is 360 g/mol. The molecule has 0 aliphatic rings. The molecule has 0 radical (unpaired) electrons. The number of aliphatic carboxylic acids is 1. The molecular weight excluding hydrogens is 310 g/mol. The molecule has 3 nitrogen and oxygen atoms in total. The Labute approximate surface area is 159 Å². The first-order valence-corrected chi connectivity index (χ1v) is 10.9. The molecule has 154 valence electrons. The summed E-state index contributed by atoms with van der Waals surface area (Å²) in [5, 5.41) is 8.52. The monoisotopic (exact) mass is 359 g/mol. The van der Waals surface area contributed by atoms with Crippen LogP contribution in [-0.2, 0) is 4.79 Å². The van der Waals surface area contributed by atoms with Gasteiger partial charge >= 0.3 is 5.97 Å². The molecule has 0 aromatic heterocycles. The summed E-state index contributed by atoms with van der Waals surface area (Å²) in [4.78, 5) is 10.3. The van der Waals surface area contributed by atoms with Crippen LogP contribution in [-0.4, -0.2) is 11.1 Å². The third-order valence-electron chi connectivity index (χ3n) is 4.49. The lowest BCUT2D eigenvalue weighted by Gasteiger charge is -2.03. The molecule has 0 saturated carbocycles. The number of unbranched alkanes of at least 4 members (excludes halogenated alkanes) is 15. The standard InChI is InChI=1S/C18H36O2.C4H10.H3N/c1-2-3-4-5-6-7-8-9-10-11-12-13-14-15-16-17-18(19)20;1-3-4-2;/h2-17H2,1H3,(H,19,20);3-4H2,1-2H3;1H3. The first kappa shape index (κ1) is 29.2. The second kappa shape index (κ2) is 28.2. The van der Waals surface area contributed by atoms with E-state index >= 15 is 0 Å². The molecule has 25 heavy (non-hydrogen) atoms. The van der Waals surface area contributed by atoms with Gasteiger partial charge in [-0.05, 0) is 6.42 Å². The second-order valence-electron chi connectivity index (χ2n) is 7.09. The van der Waals surface area contributed by atoms with Crippen LogP contribution in [0.15, 0.2) is 0 Å². The van der Waals surface area contributed by atoms with Crippen LogP contribution >= 0.6 is 0 Å². The summed E-state index contributed by atoms with van der Waals surface area (Å²) < 4.78 is 0. The minimum atomic E-state index is -0.653. The number of carboxylic acids is 1. The van der Waals surface area contributed by atoms with Gasteiger partial charge < -0.3 is 11.3 Å². The largest absolute Gasteiger partial charge is 0.481 e. The molecule has 0 aromatic rings. The Kier molecular flexibility index (Phi) is 33.0. The Balaban J connectivity index is -0.000000867. The normalized spacial score (nSPS) is 9.88. The molecule has 0 bridgehead atoms. The summed E-state index contributed by atoms with van der Waals surface area (Å²) >= 11 is 0. The van der Waals surface area contributed by atoms with Gasteiger partial charge in [0.25, 0.3) is 0 Å². The molecule has 3 heteroatoms. The molecule has 4 N–H and O–H groups in total. The van der Waals surface area contributed by atoms with Crippen molar-refractivity contribution in [1.29, 1.82) is 0 Å². The van der Waals surface area contributed by atoms with E-state index in [-0.39, 0.29) is 6.15 Å². The Morgan fingerprint density at radius 2 is 0.800 bits per heavy atom. The highest BCUT2D eigenvalue weighted by Crippen LogP contribution is 2.13. The van der Waals surface area contributed by atoms with Crippen LogP contribution in [0.2, 0.25) is 0 Å². The Morgan fingerprint density at radius 3 is 1.04 bits per heavy atom.